The second-order valence-corrected chi connectivity index (χ2v) is 5.55. The summed E-state index contributed by atoms with van der Waals surface area (Å²) in [5, 5.41) is 14.1. The van der Waals surface area contributed by atoms with Crippen molar-refractivity contribution < 1.29 is 0 Å². The molecule has 0 bridgehead atoms. The van der Waals surface area contributed by atoms with Gasteiger partial charge in [-0.2, -0.15) is 5.26 Å². The van der Waals surface area contributed by atoms with Crippen LogP contribution in [-0.2, 0) is 13.1 Å². The summed E-state index contributed by atoms with van der Waals surface area (Å²) in [6.07, 6.45) is 0. The van der Waals surface area contributed by atoms with E-state index in [0.29, 0.717) is 5.56 Å². The number of halogens is 1. The molecule has 1 aromatic carbocycles. The molecule has 0 unspecified atom stereocenters. The molecule has 0 radical (unpaired) electrons. The minimum absolute atomic E-state index is 0.705. The van der Waals surface area contributed by atoms with Crippen molar-refractivity contribution in [2.24, 2.45) is 0 Å². The summed E-state index contributed by atoms with van der Waals surface area (Å²) >= 11 is 5.18. The van der Waals surface area contributed by atoms with Crippen molar-refractivity contribution in [3.8, 4) is 6.07 Å². The third kappa shape index (κ3) is 3.67. The van der Waals surface area contributed by atoms with Crippen molar-refractivity contribution in [1.29, 1.82) is 5.26 Å². The Morgan fingerprint density at radius 1 is 1.24 bits per heavy atom. The van der Waals surface area contributed by atoms with Crippen molar-refractivity contribution in [3.05, 3.63) is 56.2 Å². The van der Waals surface area contributed by atoms with Crippen LogP contribution in [0.4, 0.5) is 0 Å². The molecule has 0 aliphatic carbocycles. The number of hydrogen-bond acceptors (Lipinski definition) is 3. The van der Waals surface area contributed by atoms with Crippen molar-refractivity contribution >= 4 is 27.3 Å². The van der Waals surface area contributed by atoms with E-state index in [2.05, 4.69) is 38.8 Å². The number of rotatable bonds is 4. The van der Waals surface area contributed by atoms with Gasteiger partial charge in [0.2, 0.25) is 0 Å². The highest BCUT2D eigenvalue weighted by atomic mass is 79.9. The summed E-state index contributed by atoms with van der Waals surface area (Å²) in [4.78, 5) is 1.31. The van der Waals surface area contributed by atoms with Crippen molar-refractivity contribution in [2.45, 2.75) is 13.1 Å². The summed E-state index contributed by atoms with van der Waals surface area (Å²) in [6.45, 7) is 1.69. The SMILES string of the molecule is N#Cc1ccc(CNCc2cc(Br)cs2)cc1. The van der Waals surface area contributed by atoms with Crippen LogP contribution in [-0.4, -0.2) is 0 Å². The summed E-state index contributed by atoms with van der Waals surface area (Å²) in [5.74, 6) is 0. The first kappa shape index (κ1) is 12.3. The van der Waals surface area contributed by atoms with Gasteiger partial charge in [0.25, 0.3) is 0 Å². The highest BCUT2D eigenvalue weighted by molar-refractivity contribution is 9.10. The van der Waals surface area contributed by atoms with Crippen LogP contribution in [0, 0.1) is 11.3 Å². The molecule has 0 saturated carbocycles. The number of thiophene rings is 1. The van der Waals surface area contributed by atoms with Crippen LogP contribution in [0.2, 0.25) is 0 Å². The van der Waals surface area contributed by atoms with E-state index >= 15 is 0 Å². The monoisotopic (exact) mass is 306 g/mol. The third-order valence-electron chi connectivity index (χ3n) is 2.33. The highest BCUT2D eigenvalue weighted by Gasteiger charge is 1.98. The number of nitriles is 1. The second-order valence-electron chi connectivity index (χ2n) is 3.64. The number of nitrogens with zero attached hydrogens (tertiary/aromatic N) is 1. The molecule has 1 heterocycles. The van der Waals surface area contributed by atoms with Crippen molar-refractivity contribution in [1.82, 2.24) is 5.32 Å². The van der Waals surface area contributed by atoms with Crippen LogP contribution in [0.25, 0.3) is 0 Å². The summed E-state index contributed by atoms with van der Waals surface area (Å²) in [5.41, 5.74) is 1.90. The molecule has 0 amide bonds. The molecular formula is C13H11BrN2S. The molecule has 2 rings (SSSR count). The Morgan fingerprint density at radius 2 is 2.00 bits per heavy atom. The zero-order valence-electron chi connectivity index (χ0n) is 9.11. The van der Waals surface area contributed by atoms with Gasteiger partial charge in [-0.1, -0.05) is 12.1 Å². The normalized spacial score (nSPS) is 10.1. The molecule has 1 N–H and O–H groups in total. The summed E-state index contributed by atoms with van der Waals surface area (Å²) in [6, 6.07) is 11.9. The Labute approximate surface area is 113 Å². The van der Waals surface area contributed by atoms with Crippen LogP contribution in [0.5, 0.6) is 0 Å². The average molecular weight is 307 g/mol. The van der Waals surface area contributed by atoms with Crippen LogP contribution >= 0.6 is 27.3 Å². The van der Waals surface area contributed by atoms with Gasteiger partial charge in [-0.25, -0.2) is 0 Å². The minimum Gasteiger partial charge on any atom is -0.308 e. The molecule has 0 fully saturated rings. The summed E-state index contributed by atoms with van der Waals surface area (Å²) < 4.78 is 1.14. The van der Waals surface area contributed by atoms with Crippen molar-refractivity contribution in [3.63, 3.8) is 0 Å². The van der Waals surface area contributed by atoms with E-state index in [1.807, 2.05) is 24.3 Å². The van der Waals surface area contributed by atoms with E-state index in [-0.39, 0.29) is 0 Å². The van der Waals surface area contributed by atoms with Crippen LogP contribution < -0.4 is 5.32 Å². The van der Waals surface area contributed by atoms with E-state index in [4.69, 9.17) is 5.26 Å². The molecule has 0 spiro atoms. The lowest BCUT2D eigenvalue weighted by Crippen LogP contribution is -2.11. The van der Waals surface area contributed by atoms with Crippen LogP contribution in [0.3, 0.4) is 0 Å². The fraction of sp³-hybridized carbons (Fsp3) is 0.154. The molecule has 0 saturated heterocycles. The Morgan fingerprint density at radius 3 is 2.59 bits per heavy atom. The fourth-order valence-electron chi connectivity index (χ4n) is 1.47. The number of benzene rings is 1. The maximum Gasteiger partial charge on any atom is 0.0991 e. The highest BCUT2D eigenvalue weighted by Crippen LogP contribution is 2.19. The lowest BCUT2D eigenvalue weighted by molar-refractivity contribution is 0.701. The van der Waals surface area contributed by atoms with Gasteiger partial charge in [0.15, 0.2) is 0 Å². The van der Waals surface area contributed by atoms with Gasteiger partial charge in [-0.3, -0.25) is 0 Å². The fourth-order valence-corrected chi connectivity index (χ4v) is 2.89. The van der Waals surface area contributed by atoms with E-state index in [9.17, 15) is 0 Å². The minimum atomic E-state index is 0.705. The zero-order chi connectivity index (χ0) is 12.1. The van der Waals surface area contributed by atoms with E-state index in [1.165, 1.54) is 10.4 Å². The lowest BCUT2D eigenvalue weighted by atomic mass is 10.1. The molecular weight excluding hydrogens is 296 g/mol. The van der Waals surface area contributed by atoms with E-state index in [0.717, 1.165) is 17.6 Å². The molecule has 0 atom stereocenters. The molecule has 2 nitrogen and oxygen atoms in total. The van der Waals surface area contributed by atoms with Gasteiger partial charge < -0.3 is 5.32 Å². The largest absolute Gasteiger partial charge is 0.308 e. The smallest absolute Gasteiger partial charge is 0.0991 e. The topological polar surface area (TPSA) is 35.8 Å². The second kappa shape index (κ2) is 5.97. The number of hydrogen-bond donors (Lipinski definition) is 1. The van der Waals surface area contributed by atoms with Gasteiger partial charge in [-0.15, -0.1) is 11.3 Å². The first-order valence-corrected chi connectivity index (χ1v) is 6.88. The Balaban J connectivity index is 1.84. The van der Waals surface area contributed by atoms with Gasteiger partial charge in [0.05, 0.1) is 11.6 Å². The van der Waals surface area contributed by atoms with Crippen molar-refractivity contribution in [2.75, 3.05) is 0 Å². The van der Waals surface area contributed by atoms with Gasteiger partial charge in [0, 0.05) is 27.8 Å². The van der Waals surface area contributed by atoms with E-state index in [1.54, 1.807) is 11.3 Å². The first-order chi connectivity index (χ1) is 8.28. The predicted octanol–water partition coefficient (Wildman–Crippen LogP) is 3.67. The maximum atomic E-state index is 8.69. The van der Waals surface area contributed by atoms with E-state index < -0.39 is 0 Å². The molecule has 17 heavy (non-hydrogen) atoms. The molecule has 0 aliphatic rings. The Bertz CT molecular complexity index is 525. The number of nitrogens with one attached hydrogen (secondary N) is 1. The third-order valence-corrected chi connectivity index (χ3v) is 4.03. The van der Waals surface area contributed by atoms with Gasteiger partial charge in [-0.05, 0) is 39.7 Å². The molecule has 86 valence electrons. The molecule has 2 aromatic rings. The summed E-state index contributed by atoms with van der Waals surface area (Å²) in [7, 11) is 0. The first-order valence-electron chi connectivity index (χ1n) is 5.20. The molecule has 4 heteroatoms. The zero-order valence-corrected chi connectivity index (χ0v) is 11.5. The predicted molar refractivity (Wildman–Crippen MR) is 73.7 cm³/mol. The van der Waals surface area contributed by atoms with Gasteiger partial charge in [0.1, 0.15) is 0 Å². The van der Waals surface area contributed by atoms with Gasteiger partial charge >= 0.3 is 0 Å². The molecule has 1 aromatic heterocycles. The quantitative estimate of drug-likeness (QED) is 0.935. The standard InChI is InChI=1S/C13H11BrN2S/c14-12-5-13(17-9-12)8-16-7-11-3-1-10(6-15)2-4-11/h1-5,9,16H,7-8H2. The Kier molecular flexibility index (Phi) is 4.32. The van der Waals surface area contributed by atoms with Crippen LogP contribution in [0.1, 0.15) is 16.0 Å². The average Bonchev–Trinajstić information content (AvgIpc) is 2.76. The van der Waals surface area contributed by atoms with Crippen LogP contribution in [0.15, 0.2) is 40.2 Å². The lowest BCUT2D eigenvalue weighted by Gasteiger charge is -2.03. The molecule has 0 aliphatic heterocycles. The maximum absolute atomic E-state index is 8.69. The Hall–Kier alpha value is -1.15.